The SMILES string of the molecule is COc1ccc(Cl)cc1C(=N/C#N)/N=c1\sc(C(C)(C)C)cn1CC1(OC(C)=O)CCC1. The van der Waals surface area contributed by atoms with E-state index in [0.717, 1.165) is 24.1 Å². The molecule has 0 spiro atoms. The van der Waals surface area contributed by atoms with E-state index >= 15 is 0 Å². The van der Waals surface area contributed by atoms with Gasteiger partial charge in [-0.05, 0) is 42.9 Å². The summed E-state index contributed by atoms with van der Waals surface area (Å²) in [6.07, 6.45) is 6.50. The Bertz CT molecular complexity index is 1150. The molecule has 9 heteroatoms. The molecule has 1 heterocycles. The second-order valence-electron chi connectivity index (χ2n) is 8.88. The second-order valence-corrected chi connectivity index (χ2v) is 10.3. The van der Waals surface area contributed by atoms with Crippen LogP contribution < -0.4 is 9.54 Å². The highest BCUT2D eigenvalue weighted by molar-refractivity contribution is 7.09. The van der Waals surface area contributed by atoms with E-state index in [1.54, 1.807) is 25.3 Å². The van der Waals surface area contributed by atoms with Crippen LogP contribution in [0.3, 0.4) is 0 Å². The van der Waals surface area contributed by atoms with E-state index < -0.39 is 5.60 Å². The lowest BCUT2D eigenvalue weighted by Crippen LogP contribution is -2.46. The van der Waals surface area contributed by atoms with Crippen LogP contribution in [0.5, 0.6) is 5.75 Å². The van der Waals surface area contributed by atoms with E-state index in [4.69, 9.17) is 26.1 Å². The first-order chi connectivity index (χ1) is 15.1. The molecule has 0 saturated heterocycles. The number of esters is 1. The number of methoxy groups -OCH3 is 1. The molecular weight excluding hydrogens is 448 g/mol. The van der Waals surface area contributed by atoms with Crippen molar-refractivity contribution in [2.75, 3.05) is 7.11 Å². The standard InChI is InChI=1S/C23H27ClN4O3S/c1-15(29)31-23(9-6-10-23)13-28-12-19(22(2,3)4)32-21(28)27-20(26-14-25)17-11-16(24)7-8-18(17)30-5/h7-8,11-12H,6,9-10,13H2,1-5H3/b26-20-,27-21-. The first-order valence-corrected chi connectivity index (χ1v) is 11.5. The highest BCUT2D eigenvalue weighted by Gasteiger charge is 2.41. The lowest BCUT2D eigenvalue weighted by atomic mass is 9.80. The van der Waals surface area contributed by atoms with Crippen molar-refractivity contribution in [3.63, 3.8) is 0 Å². The maximum Gasteiger partial charge on any atom is 0.303 e. The molecule has 32 heavy (non-hydrogen) atoms. The third-order valence-corrected chi connectivity index (χ3v) is 6.98. The molecule has 170 valence electrons. The smallest absolute Gasteiger partial charge is 0.303 e. The predicted octanol–water partition coefficient (Wildman–Crippen LogP) is 4.82. The largest absolute Gasteiger partial charge is 0.496 e. The van der Waals surface area contributed by atoms with Gasteiger partial charge in [0.2, 0.25) is 6.19 Å². The second kappa shape index (κ2) is 9.47. The molecule has 3 rings (SSSR count). The van der Waals surface area contributed by atoms with Gasteiger partial charge in [-0.3, -0.25) is 4.79 Å². The van der Waals surface area contributed by atoms with Gasteiger partial charge in [0.15, 0.2) is 10.6 Å². The van der Waals surface area contributed by atoms with E-state index in [9.17, 15) is 10.1 Å². The summed E-state index contributed by atoms with van der Waals surface area (Å²) in [6.45, 7) is 8.31. The zero-order chi connectivity index (χ0) is 23.5. The van der Waals surface area contributed by atoms with Crippen LogP contribution in [0.1, 0.15) is 57.4 Å². The molecule has 1 fully saturated rings. The minimum Gasteiger partial charge on any atom is -0.496 e. The summed E-state index contributed by atoms with van der Waals surface area (Å²) in [6, 6.07) is 5.10. The fourth-order valence-electron chi connectivity index (χ4n) is 3.54. The van der Waals surface area contributed by atoms with Gasteiger partial charge in [-0.1, -0.05) is 32.4 Å². The van der Waals surface area contributed by atoms with Gasteiger partial charge in [-0.25, -0.2) is 0 Å². The van der Waals surface area contributed by atoms with Crippen molar-refractivity contribution in [2.24, 2.45) is 9.98 Å². The van der Waals surface area contributed by atoms with E-state index in [0.29, 0.717) is 27.7 Å². The number of carbonyl (C=O) groups is 1. The van der Waals surface area contributed by atoms with Crippen molar-refractivity contribution >= 4 is 34.7 Å². The molecule has 1 aromatic carbocycles. The van der Waals surface area contributed by atoms with Crippen LogP contribution in [0.4, 0.5) is 0 Å². The number of benzene rings is 1. The molecule has 0 N–H and O–H groups in total. The number of carbonyl (C=O) groups excluding carboxylic acids is 1. The molecule has 0 unspecified atom stereocenters. The molecule has 2 aromatic rings. The number of thiazole rings is 1. The number of hydrogen-bond acceptors (Lipinski definition) is 6. The van der Waals surface area contributed by atoms with Gasteiger partial charge in [0, 0.05) is 23.0 Å². The molecule has 7 nitrogen and oxygen atoms in total. The average Bonchev–Trinajstić information content (AvgIpc) is 3.08. The summed E-state index contributed by atoms with van der Waals surface area (Å²) in [4.78, 5) is 22.2. The summed E-state index contributed by atoms with van der Waals surface area (Å²) in [5, 5.41) is 9.80. The van der Waals surface area contributed by atoms with Gasteiger partial charge in [0.05, 0.1) is 19.2 Å². The normalized spacial score (nSPS) is 16.3. The molecule has 1 aliphatic carbocycles. The highest BCUT2D eigenvalue weighted by Crippen LogP contribution is 2.37. The fraction of sp³-hybridized carbons (Fsp3) is 0.478. The van der Waals surface area contributed by atoms with Crippen LogP contribution in [0.2, 0.25) is 5.02 Å². The van der Waals surface area contributed by atoms with E-state index in [1.807, 2.05) is 17.0 Å². The lowest BCUT2D eigenvalue weighted by molar-refractivity contribution is -0.169. The third-order valence-electron chi connectivity index (χ3n) is 5.30. The average molecular weight is 475 g/mol. The number of amidine groups is 1. The lowest BCUT2D eigenvalue weighted by Gasteiger charge is -2.40. The first-order valence-electron chi connectivity index (χ1n) is 10.3. The van der Waals surface area contributed by atoms with Crippen LogP contribution in [0.25, 0.3) is 0 Å². The van der Waals surface area contributed by atoms with Crippen LogP contribution >= 0.6 is 22.9 Å². The molecule has 0 radical (unpaired) electrons. The van der Waals surface area contributed by atoms with Gasteiger partial charge in [0.1, 0.15) is 11.4 Å². The minimum absolute atomic E-state index is 0.103. The Kier molecular flexibility index (Phi) is 7.11. The Morgan fingerprint density at radius 1 is 1.38 bits per heavy atom. The Hall–Kier alpha value is -2.63. The van der Waals surface area contributed by atoms with Crippen molar-refractivity contribution in [3.8, 4) is 11.9 Å². The number of ether oxygens (including phenoxy) is 2. The number of hydrogen-bond donors (Lipinski definition) is 0. The Balaban J connectivity index is 2.15. The van der Waals surface area contributed by atoms with Crippen molar-refractivity contribution in [2.45, 2.75) is 64.5 Å². The van der Waals surface area contributed by atoms with Crippen LogP contribution in [0.15, 0.2) is 34.4 Å². The third kappa shape index (κ3) is 5.40. The van der Waals surface area contributed by atoms with Gasteiger partial charge in [0.25, 0.3) is 0 Å². The first kappa shape index (κ1) is 24.0. The molecule has 1 saturated carbocycles. The Morgan fingerprint density at radius 2 is 2.09 bits per heavy atom. The Morgan fingerprint density at radius 3 is 2.62 bits per heavy atom. The zero-order valence-corrected chi connectivity index (χ0v) is 20.5. The van der Waals surface area contributed by atoms with E-state index in [-0.39, 0.29) is 17.2 Å². The predicted molar refractivity (Wildman–Crippen MR) is 125 cm³/mol. The number of aromatic nitrogens is 1. The molecule has 0 atom stereocenters. The van der Waals surface area contributed by atoms with E-state index in [1.165, 1.54) is 18.3 Å². The van der Waals surface area contributed by atoms with Crippen molar-refractivity contribution < 1.29 is 14.3 Å². The van der Waals surface area contributed by atoms with Gasteiger partial charge in [-0.2, -0.15) is 15.2 Å². The zero-order valence-electron chi connectivity index (χ0n) is 18.9. The molecular formula is C23H27ClN4O3S. The van der Waals surface area contributed by atoms with Crippen LogP contribution in [0, 0.1) is 11.5 Å². The molecule has 0 bridgehead atoms. The number of nitrogens with zero attached hydrogens (tertiary/aromatic N) is 4. The van der Waals surface area contributed by atoms with E-state index in [2.05, 4.69) is 25.8 Å². The maximum absolute atomic E-state index is 11.7. The van der Waals surface area contributed by atoms with Crippen molar-refractivity contribution in [1.82, 2.24) is 4.57 Å². The minimum atomic E-state index is -0.530. The summed E-state index contributed by atoms with van der Waals surface area (Å²) in [7, 11) is 1.54. The quantitative estimate of drug-likeness (QED) is 0.269. The number of halogens is 1. The topological polar surface area (TPSA) is 89.0 Å². The van der Waals surface area contributed by atoms with Crippen LogP contribution in [-0.2, 0) is 21.5 Å². The fourth-order valence-corrected chi connectivity index (χ4v) is 4.77. The van der Waals surface area contributed by atoms with Gasteiger partial charge in [-0.15, -0.1) is 11.3 Å². The summed E-state index contributed by atoms with van der Waals surface area (Å²) >= 11 is 7.71. The Labute approximate surface area is 197 Å². The van der Waals surface area contributed by atoms with Crippen molar-refractivity contribution in [3.05, 3.63) is 44.7 Å². The summed E-state index contributed by atoms with van der Waals surface area (Å²) in [5.74, 6) is 0.435. The maximum atomic E-state index is 11.7. The molecule has 1 aliphatic rings. The molecule has 0 amide bonds. The van der Waals surface area contributed by atoms with Crippen molar-refractivity contribution in [1.29, 1.82) is 5.26 Å². The highest BCUT2D eigenvalue weighted by atomic mass is 35.5. The monoisotopic (exact) mass is 474 g/mol. The van der Waals surface area contributed by atoms with Gasteiger partial charge < -0.3 is 14.0 Å². The van der Waals surface area contributed by atoms with Gasteiger partial charge >= 0.3 is 5.97 Å². The number of rotatable bonds is 5. The summed E-state index contributed by atoms with van der Waals surface area (Å²) in [5.41, 5.74) is -0.108. The number of nitriles is 1. The molecule has 0 aliphatic heterocycles. The molecule has 1 aromatic heterocycles. The summed E-state index contributed by atoms with van der Waals surface area (Å²) < 4.78 is 13.1. The van der Waals surface area contributed by atoms with Crippen LogP contribution in [-0.4, -0.2) is 29.1 Å². The number of aliphatic imine (C=N–C) groups is 1.